The second-order valence-corrected chi connectivity index (χ2v) is 9.01. The summed E-state index contributed by atoms with van der Waals surface area (Å²) in [5, 5.41) is 0. The van der Waals surface area contributed by atoms with E-state index in [1.165, 1.54) is 37.8 Å². The van der Waals surface area contributed by atoms with Gasteiger partial charge in [-0.3, -0.25) is 0 Å². The van der Waals surface area contributed by atoms with Gasteiger partial charge in [-0.15, -0.1) is 0 Å². The maximum Gasteiger partial charge on any atom is 0.534 e. The summed E-state index contributed by atoms with van der Waals surface area (Å²) in [6, 6.07) is 6.02. The molecule has 0 aromatic heterocycles. The van der Waals surface area contributed by atoms with Crippen molar-refractivity contribution in [2.24, 2.45) is 0 Å². The highest BCUT2D eigenvalue weighted by Crippen LogP contribution is 2.37. The Kier molecular flexibility index (Phi) is 7.19. The maximum absolute atomic E-state index is 12.5. The number of rotatable bonds is 8. The molecule has 0 spiro atoms. The molecular formula is C19H28F3NO3S. The summed E-state index contributed by atoms with van der Waals surface area (Å²) in [6.45, 7) is 7.18. The Morgan fingerprint density at radius 3 is 2.41 bits per heavy atom. The predicted molar refractivity (Wildman–Crippen MR) is 99.2 cm³/mol. The molecule has 0 atom stereocenters. The third kappa shape index (κ3) is 5.85. The van der Waals surface area contributed by atoms with Crippen LogP contribution in [0.4, 0.5) is 13.2 Å². The molecule has 1 fully saturated rings. The van der Waals surface area contributed by atoms with E-state index in [9.17, 15) is 21.6 Å². The van der Waals surface area contributed by atoms with Crippen molar-refractivity contribution in [2.75, 3.05) is 19.6 Å². The van der Waals surface area contributed by atoms with Crippen molar-refractivity contribution in [1.82, 2.24) is 4.90 Å². The smallest absolute Gasteiger partial charge is 0.376 e. The zero-order valence-corrected chi connectivity index (χ0v) is 16.7. The molecule has 1 aromatic carbocycles. The summed E-state index contributed by atoms with van der Waals surface area (Å²) >= 11 is 0. The highest BCUT2D eigenvalue weighted by molar-refractivity contribution is 7.88. The lowest BCUT2D eigenvalue weighted by molar-refractivity contribution is -0.0500. The number of benzene rings is 1. The van der Waals surface area contributed by atoms with Crippen LogP contribution in [-0.2, 0) is 15.5 Å². The van der Waals surface area contributed by atoms with Crippen LogP contribution in [0.2, 0.25) is 0 Å². The minimum Gasteiger partial charge on any atom is -0.376 e. The molecule has 1 heterocycles. The average molecular weight is 407 g/mol. The van der Waals surface area contributed by atoms with Crippen LogP contribution in [0.5, 0.6) is 5.75 Å². The van der Waals surface area contributed by atoms with Gasteiger partial charge in [0.05, 0.1) is 0 Å². The number of halogens is 3. The fraction of sp³-hybridized carbons (Fsp3) is 0.684. The van der Waals surface area contributed by atoms with Crippen LogP contribution in [0.3, 0.4) is 0 Å². The molecule has 0 saturated carbocycles. The Hall–Kier alpha value is -1.28. The Bertz CT molecular complexity index is 711. The standard InChI is InChI=1S/C19H28F3NO3S/c1-3-4-5-6-12-23-13-10-18(2,11-14-23)16-8-7-9-17(15-16)26-27(24,25)19(20,21)22/h7-9,15H,3-6,10-14H2,1-2H3. The molecule has 0 amide bonds. The van der Waals surface area contributed by atoms with E-state index in [4.69, 9.17) is 0 Å². The van der Waals surface area contributed by atoms with Gasteiger partial charge in [-0.2, -0.15) is 21.6 Å². The number of unbranched alkanes of at least 4 members (excludes halogenated alkanes) is 3. The zero-order chi connectivity index (χ0) is 20.1. The molecule has 27 heavy (non-hydrogen) atoms. The lowest BCUT2D eigenvalue weighted by Gasteiger charge is -2.40. The summed E-state index contributed by atoms with van der Waals surface area (Å²) in [6.07, 6.45) is 6.62. The zero-order valence-electron chi connectivity index (χ0n) is 15.9. The molecule has 0 radical (unpaired) electrons. The van der Waals surface area contributed by atoms with E-state index >= 15 is 0 Å². The van der Waals surface area contributed by atoms with E-state index < -0.39 is 15.6 Å². The molecule has 4 nitrogen and oxygen atoms in total. The van der Waals surface area contributed by atoms with Crippen LogP contribution < -0.4 is 4.18 Å². The molecule has 0 bridgehead atoms. The first-order valence-electron chi connectivity index (χ1n) is 9.41. The number of alkyl halides is 3. The van der Waals surface area contributed by atoms with Gasteiger partial charge in [-0.05, 0) is 62.0 Å². The van der Waals surface area contributed by atoms with E-state index in [2.05, 4.69) is 22.9 Å². The van der Waals surface area contributed by atoms with Crippen molar-refractivity contribution >= 4 is 10.1 Å². The SMILES string of the molecule is CCCCCCN1CCC(C)(c2cccc(OS(=O)(=O)C(F)(F)F)c2)CC1. The van der Waals surface area contributed by atoms with Crippen molar-refractivity contribution in [1.29, 1.82) is 0 Å². The van der Waals surface area contributed by atoms with Crippen molar-refractivity contribution in [3.8, 4) is 5.75 Å². The molecular weight excluding hydrogens is 379 g/mol. The van der Waals surface area contributed by atoms with Crippen molar-refractivity contribution < 1.29 is 25.8 Å². The summed E-state index contributed by atoms with van der Waals surface area (Å²) in [5.74, 6) is -0.298. The second kappa shape index (κ2) is 8.82. The first kappa shape index (κ1) is 22.0. The Morgan fingerprint density at radius 2 is 1.81 bits per heavy atom. The van der Waals surface area contributed by atoms with Crippen molar-refractivity contribution in [3.05, 3.63) is 29.8 Å². The molecule has 0 aliphatic carbocycles. The highest BCUT2D eigenvalue weighted by Gasteiger charge is 2.48. The van der Waals surface area contributed by atoms with Crippen LogP contribution >= 0.6 is 0 Å². The van der Waals surface area contributed by atoms with Gasteiger partial charge in [0.25, 0.3) is 0 Å². The third-order valence-corrected chi connectivity index (χ3v) is 6.29. The summed E-state index contributed by atoms with van der Waals surface area (Å²) in [4.78, 5) is 2.42. The van der Waals surface area contributed by atoms with Gasteiger partial charge in [0, 0.05) is 0 Å². The van der Waals surface area contributed by atoms with Crippen LogP contribution in [0.1, 0.15) is 57.9 Å². The van der Waals surface area contributed by atoms with Gasteiger partial charge in [-0.25, -0.2) is 0 Å². The second-order valence-electron chi connectivity index (χ2n) is 7.47. The van der Waals surface area contributed by atoms with E-state index in [1.54, 1.807) is 6.07 Å². The van der Waals surface area contributed by atoms with Crippen LogP contribution in [-0.4, -0.2) is 38.5 Å². The quantitative estimate of drug-likeness (QED) is 0.351. The third-order valence-electron chi connectivity index (χ3n) is 5.31. The van der Waals surface area contributed by atoms with Gasteiger partial charge < -0.3 is 9.08 Å². The summed E-state index contributed by atoms with van der Waals surface area (Å²) in [7, 11) is -5.65. The molecule has 8 heteroatoms. The fourth-order valence-electron chi connectivity index (χ4n) is 3.42. The van der Waals surface area contributed by atoms with E-state index in [-0.39, 0.29) is 11.2 Å². The van der Waals surface area contributed by atoms with Crippen LogP contribution in [0.15, 0.2) is 24.3 Å². The molecule has 0 N–H and O–H groups in total. The number of hydrogen-bond acceptors (Lipinski definition) is 4. The maximum atomic E-state index is 12.5. The Balaban J connectivity index is 2.00. The monoisotopic (exact) mass is 407 g/mol. The molecule has 154 valence electrons. The lowest BCUT2D eigenvalue weighted by atomic mass is 9.74. The molecule has 0 unspecified atom stereocenters. The first-order valence-corrected chi connectivity index (χ1v) is 10.8. The van der Waals surface area contributed by atoms with Crippen LogP contribution in [0, 0.1) is 0 Å². The molecule has 1 saturated heterocycles. The van der Waals surface area contributed by atoms with Gasteiger partial charge >= 0.3 is 15.6 Å². The van der Waals surface area contributed by atoms with Gasteiger partial charge in [0.1, 0.15) is 5.75 Å². The molecule has 1 aromatic rings. The summed E-state index contributed by atoms with van der Waals surface area (Å²) in [5.41, 5.74) is -4.83. The van der Waals surface area contributed by atoms with Gasteiger partial charge in [-0.1, -0.05) is 45.2 Å². The highest BCUT2D eigenvalue weighted by atomic mass is 32.2. The molecule has 1 aliphatic rings. The predicted octanol–water partition coefficient (Wildman–Crippen LogP) is 4.85. The molecule has 2 rings (SSSR count). The number of piperidine rings is 1. The minimum atomic E-state index is -5.65. The minimum absolute atomic E-state index is 0.207. The van der Waals surface area contributed by atoms with Crippen molar-refractivity contribution in [2.45, 2.75) is 63.3 Å². The van der Waals surface area contributed by atoms with Crippen molar-refractivity contribution in [3.63, 3.8) is 0 Å². The van der Waals surface area contributed by atoms with Crippen LogP contribution in [0.25, 0.3) is 0 Å². The number of likely N-dealkylation sites (tertiary alicyclic amines) is 1. The first-order chi connectivity index (χ1) is 12.6. The largest absolute Gasteiger partial charge is 0.534 e. The van der Waals surface area contributed by atoms with Gasteiger partial charge in [0.15, 0.2) is 0 Å². The fourth-order valence-corrected chi connectivity index (χ4v) is 3.87. The van der Waals surface area contributed by atoms with Gasteiger partial charge in [0.2, 0.25) is 0 Å². The topological polar surface area (TPSA) is 46.6 Å². The van der Waals surface area contributed by atoms with E-state index in [0.29, 0.717) is 0 Å². The number of nitrogens with zero attached hydrogens (tertiary/aromatic N) is 1. The average Bonchev–Trinajstić information content (AvgIpc) is 2.59. The van der Waals surface area contributed by atoms with E-state index in [1.807, 2.05) is 6.07 Å². The Labute approximate surface area is 159 Å². The lowest BCUT2D eigenvalue weighted by Crippen LogP contribution is -2.41. The normalized spacial score (nSPS) is 18.4. The Morgan fingerprint density at radius 1 is 1.15 bits per heavy atom. The van der Waals surface area contributed by atoms with E-state index in [0.717, 1.165) is 38.0 Å². The summed E-state index contributed by atoms with van der Waals surface area (Å²) < 4.78 is 64.3. The number of hydrogen-bond donors (Lipinski definition) is 0. The molecule has 1 aliphatic heterocycles.